The fourth-order valence-corrected chi connectivity index (χ4v) is 4.27. The summed E-state index contributed by atoms with van der Waals surface area (Å²) in [6, 6.07) is 10.9. The van der Waals surface area contributed by atoms with Gasteiger partial charge in [-0.05, 0) is 25.5 Å². The lowest BCUT2D eigenvalue weighted by molar-refractivity contribution is -0.165. The van der Waals surface area contributed by atoms with Crippen LogP contribution in [0.5, 0.6) is 0 Å². The van der Waals surface area contributed by atoms with Crippen LogP contribution in [0.15, 0.2) is 30.3 Å². The molecule has 1 aromatic carbocycles. The van der Waals surface area contributed by atoms with Crippen molar-refractivity contribution in [1.82, 2.24) is 4.90 Å². The summed E-state index contributed by atoms with van der Waals surface area (Å²) in [5, 5.41) is 0. The van der Waals surface area contributed by atoms with E-state index in [1.165, 1.54) is 37.9 Å². The highest BCUT2D eigenvalue weighted by Gasteiger charge is 2.52. The Morgan fingerprint density at radius 3 is 2.28 bits per heavy atom. The Kier molecular flexibility index (Phi) is 3.16. The fourth-order valence-electron chi connectivity index (χ4n) is 4.27. The summed E-state index contributed by atoms with van der Waals surface area (Å²) in [5.41, 5.74) is 1.35. The zero-order chi connectivity index (χ0) is 12.6. The van der Waals surface area contributed by atoms with Crippen LogP contribution in [0, 0.1) is 11.8 Å². The van der Waals surface area contributed by atoms with E-state index in [4.69, 9.17) is 4.74 Å². The molecule has 0 amide bonds. The first kappa shape index (κ1) is 12.2. The van der Waals surface area contributed by atoms with E-state index in [0.717, 1.165) is 0 Å². The minimum Gasteiger partial charge on any atom is -0.373 e. The molecule has 0 aromatic heterocycles. The Hall–Kier alpha value is -0.860. The average Bonchev–Trinajstić information content (AvgIpc) is 2.39. The van der Waals surface area contributed by atoms with Crippen molar-refractivity contribution < 1.29 is 4.74 Å². The third-order valence-electron chi connectivity index (χ3n) is 4.95. The average molecular weight is 245 g/mol. The minimum atomic E-state index is -0.0357. The molecule has 3 rings (SSSR count). The summed E-state index contributed by atoms with van der Waals surface area (Å²) in [6.45, 7) is 2.33. The molecule has 2 fully saturated rings. The second-order valence-electron chi connectivity index (χ2n) is 5.91. The molecule has 2 heteroatoms. The van der Waals surface area contributed by atoms with Gasteiger partial charge in [-0.25, -0.2) is 0 Å². The highest BCUT2D eigenvalue weighted by atomic mass is 16.5. The van der Waals surface area contributed by atoms with Crippen LogP contribution in [0.1, 0.15) is 24.8 Å². The molecule has 1 unspecified atom stereocenters. The quantitative estimate of drug-likeness (QED) is 0.794. The van der Waals surface area contributed by atoms with Gasteiger partial charge in [-0.3, -0.25) is 0 Å². The first-order valence-electron chi connectivity index (χ1n) is 7.06. The van der Waals surface area contributed by atoms with Crippen LogP contribution >= 0.6 is 0 Å². The second kappa shape index (κ2) is 4.67. The molecule has 3 atom stereocenters. The zero-order valence-corrected chi connectivity index (χ0v) is 11.4. The predicted octanol–water partition coefficient (Wildman–Crippen LogP) is 2.89. The summed E-state index contributed by atoms with van der Waals surface area (Å²) < 4.78 is 6.15. The number of rotatable bonds is 2. The summed E-state index contributed by atoms with van der Waals surface area (Å²) in [5.74, 6) is 1.28. The molecular formula is C16H23NO. The standard InChI is InChI=1S/C16H23NO/c1-17-11-14-9-6-10-15(12-17)16(14,18-2)13-7-4-3-5-8-13/h3-5,7-8,14-15H,6,9-12H2,1-2H3/t14-,15+,16?. The van der Waals surface area contributed by atoms with Crippen molar-refractivity contribution >= 4 is 0 Å². The lowest BCUT2D eigenvalue weighted by Crippen LogP contribution is -2.58. The molecule has 0 spiro atoms. The number of hydrogen-bond acceptors (Lipinski definition) is 2. The van der Waals surface area contributed by atoms with Crippen molar-refractivity contribution in [2.24, 2.45) is 11.8 Å². The monoisotopic (exact) mass is 245 g/mol. The molecule has 1 aromatic rings. The number of likely N-dealkylation sites (tertiary alicyclic amines) is 1. The van der Waals surface area contributed by atoms with Crippen molar-refractivity contribution in [2.45, 2.75) is 24.9 Å². The summed E-state index contributed by atoms with van der Waals surface area (Å²) >= 11 is 0. The van der Waals surface area contributed by atoms with Crippen molar-refractivity contribution in [3.05, 3.63) is 35.9 Å². The SMILES string of the molecule is COC1(c2ccccc2)[C@@H]2CCC[C@H]1CN(C)C2. The number of benzene rings is 1. The number of methoxy groups -OCH3 is 1. The Bertz CT molecular complexity index is 389. The van der Waals surface area contributed by atoms with Gasteiger partial charge in [0, 0.05) is 32.0 Å². The van der Waals surface area contributed by atoms with Gasteiger partial charge in [0.1, 0.15) is 5.60 Å². The van der Waals surface area contributed by atoms with Crippen LogP contribution < -0.4 is 0 Å². The van der Waals surface area contributed by atoms with Gasteiger partial charge in [0.15, 0.2) is 0 Å². The van der Waals surface area contributed by atoms with E-state index >= 15 is 0 Å². The second-order valence-corrected chi connectivity index (χ2v) is 5.91. The fraction of sp³-hybridized carbons (Fsp3) is 0.625. The summed E-state index contributed by atoms with van der Waals surface area (Å²) in [4.78, 5) is 2.48. The minimum absolute atomic E-state index is 0.0357. The van der Waals surface area contributed by atoms with Gasteiger partial charge < -0.3 is 9.64 Å². The lowest BCUT2D eigenvalue weighted by Gasteiger charge is -2.54. The molecule has 18 heavy (non-hydrogen) atoms. The van der Waals surface area contributed by atoms with E-state index in [0.29, 0.717) is 11.8 Å². The number of hydrogen-bond donors (Lipinski definition) is 0. The molecule has 0 radical (unpaired) electrons. The van der Waals surface area contributed by atoms with Crippen LogP contribution in [0.4, 0.5) is 0 Å². The van der Waals surface area contributed by atoms with Crippen molar-refractivity contribution in [2.75, 3.05) is 27.2 Å². The number of piperidine rings is 1. The van der Waals surface area contributed by atoms with E-state index < -0.39 is 0 Å². The Morgan fingerprint density at radius 2 is 1.72 bits per heavy atom. The molecular weight excluding hydrogens is 222 g/mol. The number of ether oxygens (including phenoxy) is 1. The molecule has 2 nitrogen and oxygen atoms in total. The topological polar surface area (TPSA) is 12.5 Å². The summed E-state index contributed by atoms with van der Waals surface area (Å²) in [6.07, 6.45) is 3.95. The van der Waals surface area contributed by atoms with Gasteiger partial charge in [-0.2, -0.15) is 0 Å². The third-order valence-corrected chi connectivity index (χ3v) is 4.95. The van der Waals surface area contributed by atoms with Crippen molar-refractivity contribution in [3.63, 3.8) is 0 Å². The first-order chi connectivity index (χ1) is 8.77. The molecule has 1 heterocycles. The van der Waals surface area contributed by atoms with Crippen LogP contribution in [0.25, 0.3) is 0 Å². The van der Waals surface area contributed by atoms with Crippen molar-refractivity contribution in [3.8, 4) is 0 Å². The van der Waals surface area contributed by atoms with Gasteiger partial charge in [0.2, 0.25) is 0 Å². The number of nitrogens with zero attached hydrogens (tertiary/aromatic N) is 1. The lowest BCUT2D eigenvalue weighted by atomic mass is 9.62. The van der Waals surface area contributed by atoms with E-state index in [1.807, 2.05) is 7.11 Å². The molecule has 0 N–H and O–H groups in total. The van der Waals surface area contributed by atoms with Crippen LogP contribution in [0.2, 0.25) is 0 Å². The smallest absolute Gasteiger partial charge is 0.101 e. The zero-order valence-electron chi connectivity index (χ0n) is 11.4. The predicted molar refractivity (Wildman–Crippen MR) is 73.5 cm³/mol. The maximum Gasteiger partial charge on any atom is 0.101 e. The van der Waals surface area contributed by atoms with Gasteiger partial charge >= 0.3 is 0 Å². The van der Waals surface area contributed by atoms with Gasteiger partial charge in [0.25, 0.3) is 0 Å². The van der Waals surface area contributed by atoms with Crippen LogP contribution in [-0.4, -0.2) is 32.1 Å². The molecule has 1 aliphatic heterocycles. The van der Waals surface area contributed by atoms with Crippen LogP contribution in [0.3, 0.4) is 0 Å². The van der Waals surface area contributed by atoms with Gasteiger partial charge in [0.05, 0.1) is 0 Å². The largest absolute Gasteiger partial charge is 0.373 e. The van der Waals surface area contributed by atoms with Crippen LogP contribution in [-0.2, 0) is 10.3 Å². The molecule has 98 valence electrons. The molecule has 1 saturated heterocycles. The Morgan fingerprint density at radius 1 is 1.11 bits per heavy atom. The molecule has 2 aliphatic rings. The molecule has 1 aliphatic carbocycles. The highest BCUT2D eigenvalue weighted by molar-refractivity contribution is 5.27. The van der Waals surface area contributed by atoms with Gasteiger partial charge in [-0.1, -0.05) is 36.8 Å². The molecule has 1 saturated carbocycles. The first-order valence-corrected chi connectivity index (χ1v) is 7.06. The van der Waals surface area contributed by atoms with E-state index in [9.17, 15) is 0 Å². The van der Waals surface area contributed by atoms with Crippen molar-refractivity contribution in [1.29, 1.82) is 0 Å². The van der Waals surface area contributed by atoms with E-state index in [2.05, 4.69) is 42.3 Å². The van der Waals surface area contributed by atoms with E-state index in [1.54, 1.807) is 0 Å². The normalized spacial score (nSPS) is 36.6. The maximum absolute atomic E-state index is 6.15. The summed E-state index contributed by atoms with van der Waals surface area (Å²) in [7, 11) is 4.15. The third kappa shape index (κ3) is 1.70. The maximum atomic E-state index is 6.15. The van der Waals surface area contributed by atoms with E-state index in [-0.39, 0.29) is 5.60 Å². The number of fused-ring (bicyclic) bond motifs is 2. The Labute approximate surface area is 110 Å². The van der Waals surface area contributed by atoms with Gasteiger partial charge in [-0.15, -0.1) is 0 Å². The highest BCUT2D eigenvalue weighted by Crippen LogP contribution is 2.51. The Balaban J connectivity index is 2.05. The molecule has 2 bridgehead atoms.